The van der Waals surface area contributed by atoms with E-state index in [0.29, 0.717) is 44.3 Å². The van der Waals surface area contributed by atoms with Crippen LogP contribution in [0.2, 0.25) is 0 Å². The molecular weight excluding hydrogens is 322 g/mol. The molecule has 0 radical (unpaired) electrons. The molecule has 0 aromatic carbocycles. The first-order valence-corrected chi connectivity index (χ1v) is 8.88. The summed E-state index contributed by atoms with van der Waals surface area (Å²) in [4.78, 5) is 35.9. The smallest absolute Gasteiger partial charge is 0.409 e. The Bertz CT molecular complexity index is 566. The van der Waals surface area contributed by atoms with Gasteiger partial charge in [0.25, 0.3) is 5.91 Å². The average Bonchev–Trinajstić information content (AvgIpc) is 2.64. The van der Waals surface area contributed by atoms with Crippen molar-refractivity contribution in [2.45, 2.75) is 39.7 Å². The fourth-order valence-corrected chi connectivity index (χ4v) is 2.82. The van der Waals surface area contributed by atoms with Crippen molar-refractivity contribution < 1.29 is 14.3 Å². The molecule has 2 rings (SSSR count). The number of anilines is 1. The fraction of sp³-hybridized carbons (Fsp3) is 0.647. The van der Waals surface area contributed by atoms with Crippen molar-refractivity contribution in [1.29, 1.82) is 0 Å². The van der Waals surface area contributed by atoms with Crippen LogP contribution in [0.4, 0.5) is 10.6 Å². The molecule has 25 heavy (non-hydrogen) atoms. The predicted octanol–water partition coefficient (Wildman–Crippen LogP) is 1.99. The van der Waals surface area contributed by atoms with Crippen LogP contribution in [-0.4, -0.2) is 70.6 Å². The van der Waals surface area contributed by atoms with Crippen LogP contribution >= 0.6 is 0 Å². The molecule has 1 saturated heterocycles. The third kappa shape index (κ3) is 5.04. The minimum Gasteiger partial charge on any atom is -0.450 e. The van der Waals surface area contributed by atoms with Crippen LogP contribution in [0.3, 0.4) is 0 Å². The second-order valence-electron chi connectivity index (χ2n) is 5.87. The highest BCUT2D eigenvalue weighted by molar-refractivity contribution is 5.92. The van der Waals surface area contributed by atoms with E-state index < -0.39 is 0 Å². The van der Waals surface area contributed by atoms with Crippen LogP contribution in [0.1, 0.15) is 44.1 Å². The zero-order chi connectivity index (χ0) is 18.2. The zero-order valence-electron chi connectivity index (χ0n) is 15.2. The molecule has 1 aromatic rings. The molecule has 2 heterocycles. The van der Waals surface area contributed by atoms with Crippen LogP contribution in [0.25, 0.3) is 0 Å². The number of nitrogens with zero attached hydrogens (tertiary/aromatic N) is 4. The summed E-state index contributed by atoms with van der Waals surface area (Å²) in [7, 11) is 0. The second kappa shape index (κ2) is 9.19. The number of hydrogen-bond donors (Lipinski definition) is 1. The molecule has 1 aromatic heterocycles. The molecule has 1 aliphatic heterocycles. The number of hydrogen-bond acceptors (Lipinski definition) is 6. The summed E-state index contributed by atoms with van der Waals surface area (Å²) < 4.78 is 5.02. The molecule has 0 spiro atoms. The van der Waals surface area contributed by atoms with Gasteiger partial charge in [-0.05, 0) is 33.6 Å². The van der Waals surface area contributed by atoms with Crippen LogP contribution < -0.4 is 5.32 Å². The molecule has 2 amide bonds. The van der Waals surface area contributed by atoms with Crippen molar-refractivity contribution in [2.75, 3.05) is 38.1 Å². The standard InChI is InChI=1S/C17H27N5O3/c1-4-21(5-2)16(23)14-11-19-15(12-18-14)20-13-7-9-22(10-8-13)17(24)25-6-3/h11-13H,4-10H2,1-3H3,(H,19,20). The largest absolute Gasteiger partial charge is 0.450 e. The van der Waals surface area contributed by atoms with Gasteiger partial charge in [0.1, 0.15) is 11.5 Å². The molecule has 1 aliphatic rings. The molecule has 138 valence electrons. The molecular formula is C17H27N5O3. The van der Waals surface area contributed by atoms with E-state index >= 15 is 0 Å². The molecule has 0 atom stereocenters. The van der Waals surface area contributed by atoms with Gasteiger partial charge in [-0.1, -0.05) is 0 Å². The number of rotatable bonds is 6. The zero-order valence-corrected chi connectivity index (χ0v) is 15.2. The summed E-state index contributed by atoms with van der Waals surface area (Å²) in [6.45, 7) is 8.68. The molecule has 1 fully saturated rings. The normalized spacial score (nSPS) is 14.9. The summed E-state index contributed by atoms with van der Waals surface area (Å²) in [6.07, 6.45) is 4.49. The van der Waals surface area contributed by atoms with Crippen LogP contribution in [-0.2, 0) is 4.74 Å². The highest BCUT2D eigenvalue weighted by Gasteiger charge is 2.23. The van der Waals surface area contributed by atoms with Gasteiger partial charge in [-0.15, -0.1) is 0 Å². The Morgan fingerprint density at radius 3 is 2.40 bits per heavy atom. The van der Waals surface area contributed by atoms with Crippen LogP contribution in [0, 0.1) is 0 Å². The third-order valence-electron chi connectivity index (χ3n) is 4.29. The van der Waals surface area contributed by atoms with Gasteiger partial charge >= 0.3 is 6.09 Å². The van der Waals surface area contributed by atoms with Crippen molar-refractivity contribution in [3.63, 3.8) is 0 Å². The lowest BCUT2D eigenvalue weighted by Crippen LogP contribution is -2.42. The number of carbonyl (C=O) groups excluding carboxylic acids is 2. The first-order valence-electron chi connectivity index (χ1n) is 8.88. The molecule has 0 aliphatic carbocycles. The number of likely N-dealkylation sites (tertiary alicyclic amines) is 1. The predicted molar refractivity (Wildman–Crippen MR) is 94.5 cm³/mol. The van der Waals surface area contributed by atoms with E-state index in [4.69, 9.17) is 4.74 Å². The summed E-state index contributed by atoms with van der Waals surface area (Å²) in [6, 6.07) is 0.226. The van der Waals surface area contributed by atoms with Crippen LogP contribution in [0.15, 0.2) is 12.4 Å². The van der Waals surface area contributed by atoms with Gasteiger partial charge in [0.2, 0.25) is 0 Å². The lowest BCUT2D eigenvalue weighted by Gasteiger charge is -2.31. The lowest BCUT2D eigenvalue weighted by molar-refractivity contribution is 0.0766. The van der Waals surface area contributed by atoms with Gasteiger partial charge in [-0.3, -0.25) is 4.79 Å². The summed E-state index contributed by atoms with van der Waals surface area (Å²) in [5, 5.41) is 3.32. The van der Waals surface area contributed by atoms with E-state index in [1.165, 1.54) is 6.20 Å². The van der Waals surface area contributed by atoms with Gasteiger partial charge in [-0.2, -0.15) is 0 Å². The van der Waals surface area contributed by atoms with Gasteiger partial charge in [-0.25, -0.2) is 14.8 Å². The number of amides is 2. The minimum atomic E-state index is -0.250. The third-order valence-corrected chi connectivity index (χ3v) is 4.29. The number of carbonyl (C=O) groups is 2. The van der Waals surface area contributed by atoms with E-state index in [1.807, 2.05) is 13.8 Å². The summed E-state index contributed by atoms with van der Waals surface area (Å²) in [5.41, 5.74) is 0.353. The monoisotopic (exact) mass is 349 g/mol. The maximum atomic E-state index is 12.2. The Kier molecular flexibility index (Phi) is 6.97. The molecule has 1 N–H and O–H groups in total. The first kappa shape index (κ1) is 19.0. The topological polar surface area (TPSA) is 87.7 Å². The Morgan fingerprint density at radius 2 is 1.88 bits per heavy atom. The fourth-order valence-electron chi connectivity index (χ4n) is 2.82. The summed E-state index contributed by atoms with van der Waals surface area (Å²) >= 11 is 0. The van der Waals surface area contributed by atoms with E-state index in [9.17, 15) is 9.59 Å². The second-order valence-corrected chi connectivity index (χ2v) is 5.87. The Hall–Kier alpha value is -2.38. The molecule has 8 heteroatoms. The minimum absolute atomic E-state index is 0.105. The van der Waals surface area contributed by atoms with Crippen molar-refractivity contribution in [3.05, 3.63) is 18.1 Å². The molecule has 0 bridgehead atoms. The van der Waals surface area contributed by atoms with Gasteiger partial charge in [0.15, 0.2) is 0 Å². The average molecular weight is 349 g/mol. The van der Waals surface area contributed by atoms with E-state index in [2.05, 4.69) is 15.3 Å². The highest BCUT2D eigenvalue weighted by Crippen LogP contribution is 2.15. The highest BCUT2D eigenvalue weighted by atomic mass is 16.6. The Morgan fingerprint density at radius 1 is 1.20 bits per heavy atom. The maximum Gasteiger partial charge on any atom is 0.409 e. The van der Waals surface area contributed by atoms with E-state index in [1.54, 1.807) is 22.9 Å². The Balaban J connectivity index is 1.86. The van der Waals surface area contributed by atoms with E-state index in [0.717, 1.165) is 12.8 Å². The number of aromatic nitrogens is 2. The maximum absolute atomic E-state index is 12.2. The number of piperidine rings is 1. The van der Waals surface area contributed by atoms with Crippen molar-refractivity contribution in [1.82, 2.24) is 19.8 Å². The SMILES string of the molecule is CCOC(=O)N1CCC(Nc2cnc(C(=O)N(CC)CC)cn2)CC1. The Labute approximate surface area is 148 Å². The molecule has 0 saturated carbocycles. The summed E-state index contributed by atoms with van der Waals surface area (Å²) in [5.74, 6) is 0.539. The van der Waals surface area contributed by atoms with Crippen LogP contribution in [0.5, 0.6) is 0 Å². The van der Waals surface area contributed by atoms with Crippen molar-refractivity contribution in [2.24, 2.45) is 0 Å². The van der Waals surface area contributed by atoms with Gasteiger partial charge in [0, 0.05) is 32.2 Å². The van der Waals surface area contributed by atoms with E-state index in [-0.39, 0.29) is 18.0 Å². The lowest BCUT2D eigenvalue weighted by atomic mass is 10.1. The molecule has 0 unspecified atom stereocenters. The van der Waals surface area contributed by atoms with Crippen molar-refractivity contribution in [3.8, 4) is 0 Å². The number of ether oxygens (including phenoxy) is 1. The first-order chi connectivity index (χ1) is 12.1. The number of nitrogens with one attached hydrogen (secondary N) is 1. The molecule has 8 nitrogen and oxygen atoms in total. The van der Waals surface area contributed by atoms with Gasteiger partial charge < -0.3 is 19.9 Å². The quantitative estimate of drug-likeness (QED) is 0.845. The van der Waals surface area contributed by atoms with Crippen molar-refractivity contribution >= 4 is 17.8 Å². The van der Waals surface area contributed by atoms with Gasteiger partial charge in [0.05, 0.1) is 19.0 Å².